The Balaban J connectivity index is 1.88. The van der Waals surface area contributed by atoms with Gasteiger partial charge in [-0.3, -0.25) is 4.79 Å². The Hall–Kier alpha value is -1.05. The lowest BCUT2D eigenvalue weighted by atomic mass is 9.83. The molecule has 0 N–H and O–H groups in total. The second-order valence-electron chi connectivity index (χ2n) is 5.60. The third-order valence-corrected chi connectivity index (χ3v) is 4.45. The highest BCUT2D eigenvalue weighted by Crippen LogP contribution is 2.31. The van der Waals surface area contributed by atoms with Gasteiger partial charge >= 0.3 is 0 Å². The quantitative estimate of drug-likeness (QED) is 0.714. The first-order valence-electron chi connectivity index (χ1n) is 7.00. The first-order valence-corrected chi connectivity index (χ1v) is 7.00. The van der Waals surface area contributed by atoms with E-state index >= 15 is 0 Å². The number of carbonyl (C=O) groups excluding carboxylic acids is 1. The minimum atomic E-state index is 0.316. The van der Waals surface area contributed by atoms with Crippen LogP contribution in [0.15, 0.2) is 6.07 Å². The normalized spacial score (nSPS) is 20.5. The van der Waals surface area contributed by atoms with E-state index in [1.165, 1.54) is 37.1 Å². The molecular weight excluding hydrogens is 210 g/mol. The molecule has 17 heavy (non-hydrogen) atoms. The second kappa shape index (κ2) is 4.32. The van der Waals surface area contributed by atoms with Gasteiger partial charge in [-0.1, -0.05) is 19.3 Å². The molecule has 0 atom stereocenters. The molecule has 1 saturated carbocycles. The maximum Gasteiger partial charge on any atom is 0.167 e. The van der Waals surface area contributed by atoms with Crippen LogP contribution in [0.4, 0.5) is 0 Å². The van der Waals surface area contributed by atoms with Gasteiger partial charge in [0.1, 0.15) is 0 Å². The van der Waals surface area contributed by atoms with Gasteiger partial charge in [-0.15, -0.1) is 0 Å². The lowest BCUT2D eigenvalue weighted by Gasteiger charge is -2.20. The smallest absolute Gasteiger partial charge is 0.167 e. The van der Waals surface area contributed by atoms with Gasteiger partial charge in [0, 0.05) is 29.4 Å². The van der Waals surface area contributed by atoms with Gasteiger partial charge < -0.3 is 4.57 Å². The monoisotopic (exact) mass is 231 g/mol. The molecule has 2 heteroatoms. The van der Waals surface area contributed by atoms with E-state index in [2.05, 4.69) is 17.6 Å². The van der Waals surface area contributed by atoms with Crippen LogP contribution in [-0.2, 0) is 13.0 Å². The summed E-state index contributed by atoms with van der Waals surface area (Å²) in [5.41, 5.74) is 3.64. The van der Waals surface area contributed by atoms with Gasteiger partial charge in [-0.2, -0.15) is 0 Å². The van der Waals surface area contributed by atoms with Crippen molar-refractivity contribution in [2.24, 2.45) is 5.92 Å². The lowest BCUT2D eigenvalue weighted by molar-refractivity contribution is 0.0888. The minimum absolute atomic E-state index is 0.316. The molecule has 0 unspecified atom stereocenters. The molecule has 2 nitrogen and oxygen atoms in total. The molecule has 0 radical (unpaired) electrons. The first kappa shape index (κ1) is 11.1. The zero-order chi connectivity index (χ0) is 11.8. The van der Waals surface area contributed by atoms with Crippen LogP contribution in [0, 0.1) is 12.8 Å². The van der Waals surface area contributed by atoms with E-state index in [4.69, 9.17) is 0 Å². The van der Waals surface area contributed by atoms with Crippen LogP contribution >= 0.6 is 0 Å². The molecule has 2 aliphatic rings. The van der Waals surface area contributed by atoms with E-state index in [-0.39, 0.29) is 0 Å². The Labute approximate surface area is 103 Å². The number of nitrogens with zero attached hydrogens (tertiary/aromatic N) is 1. The van der Waals surface area contributed by atoms with Crippen molar-refractivity contribution in [3.8, 4) is 0 Å². The SMILES string of the molecule is Cc1cc(C(=O)C2CCCCC2)c2n1CCC2. The van der Waals surface area contributed by atoms with E-state index < -0.39 is 0 Å². The van der Waals surface area contributed by atoms with Gasteiger partial charge in [0.25, 0.3) is 0 Å². The van der Waals surface area contributed by atoms with Crippen molar-refractivity contribution in [2.45, 2.75) is 58.4 Å². The fourth-order valence-electron chi connectivity index (χ4n) is 3.51. The molecular formula is C15H21NO. The highest BCUT2D eigenvalue weighted by atomic mass is 16.1. The van der Waals surface area contributed by atoms with Crippen molar-refractivity contribution in [3.05, 3.63) is 23.0 Å². The molecule has 0 amide bonds. The van der Waals surface area contributed by atoms with Crippen LogP contribution in [-0.4, -0.2) is 10.4 Å². The third-order valence-electron chi connectivity index (χ3n) is 4.45. The van der Waals surface area contributed by atoms with Crippen molar-refractivity contribution >= 4 is 5.78 Å². The maximum atomic E-state index is 12.6. The number of aromatic nitrogens is 1. The molecule has 2 heterocycles. The average molecular weight is 231 g/mol. The van der Waals surface area contributed by atoms with Crippen LogP contribution in [0.3, 0.4) is 0 Å². The summed E-state index contributed by atoms with van der Waals surface area (Å²) < 4.78 is 2.34. The van der Waals surface area contributed by atoms with Crippen molar-refractivity contribution in [2.75, 3.05) is 0 Å². The van der Waals surface area contributed by atoms with Gasteiger partial charge in [0.2, 0.25) is 0 Å². The molecule has 0 aromatic carbocycles. The Bertz CT molecular complexity index is 438. The molecule has 1 aromatic heterocycles. The molecule has 1 aliphatic carbocycles. The standard InChI is InChI=1S/C15H21NO/c1-11-10-13(14-8-5-9-16(11)14)15(17)12-6-3-2-4-7-12/h10,12H,2-9H2,1H3. The number of carbonyl (C=O) groups is 1. The minimum Gasteiger partial charge on any atom is -0.348 e. The Morgan fingerprint density at radius 3 is 2.76 bits per heavy atom. The molecule has 1 fully saturated rings. The van der Waals surface area contributed by atoms with Crippen LogP contribution < -0.4 is 0 Å². The number of Topliss-reactive ketones (excluding diaryl/α,β-unsaturated/α-hetero) is 1. The summed E-state index contributed by atoms with van der Waals surface area (Å²) >= 11 is 0. The number of aryl methyl sites for hydroxylation is 1. The van der Waals surface area contributed by atoms with Crippen molar-refractivity contribution in [3.63, 3.8) is 0 Å². The largest absolute Gasteiger partial charge is 0.348 e. The summed E-state index contributed by atoms with van der Waals surface area (Å²) in [6, 6.07) is 2.13. The fraction of sp³-hybridized carbons (Fsp3) is 0.667. The summed E-state index contributed by atoms with van der Waals surface area (Å²) in [6.07, 6.45) is 8.34. The molecule has 1 aliphatic heterocycles. The number of hydrogen-bond acceptors (Lipinski definition) is 1. The molecule has 1 aromatic rings. The fourth-order valence-corrected chi connectivity index (χ4v) is 3.51. The Kier molecular flexibility index (Phi) is 2.81. The van der Waals surface area contributed by atoms with Crippen molar-refractivity contribution in [1.29, 1.82) is 0 Å². The lowest BCUT2D eigenvalue weighted by Crippen LogP contribution is -2.18. The van der Waals surface area contributed by atoms with Gasteiger partial charge in [-0.05, 0) is 38.7 Å². The predicted molar refractivity (Wildman–Crippen MR) is 68.4 cm³/mol. The van der Waals surface area contributed by atoms with Crippen LogP contribution in [0.1, 0.15) is 60.3 Å². The van der Waals surface area contributed by atoms with Crippen molar-refractivity contribution < 1.29 is 4.79 Å². The predicted octanol–water partition coefficient (Wildman–Crippen LogP) is 3.51. The number of ketones is 1. The van der Waals surface area contributed by atoms with Gasteiger partial charge in [-0.25, -0.2) is 0 Å². The third kappa shape index (κ3) is 1.84. The van der Waals surface area contributed by atoms with Crippen LogP contribution in [0.5, 0.6) is 0 Å². The Morgan fingerprint density at radius 1 is 1.24 bits per heavy atom. The zero-order valence-electron chi connectivity index (χ0n) is 10.7. The van der Waals surface area contributed by atoms with Gasteiger partial charge in [0.15, 0.2) is 5.78 Å². The van der Waals surface area contributed by atoms with Crippen LogP contribution in [0.2, 0.25) is 0 Å². The molecule has 0 saturated heterocycles. The Morgan fingerprint density at radius 2 is 2.00 bits per heavy atom. The van der Waals surface area contributed by atoms with E-state index in [1.807, 2.05) is 0 Å². The summed E-state index contributed by atoms with van der Waals surface area (Å²) in [5, 5.41) is 0. The summed E-state index contributed by atoms with van der Waals surface area (Å²) in [5.74, 6) is 0.749. The zero-order valence-corrected chi connectivity index (χ0v) is 10.7. The highest BCUT2D eigenvalue weighted by molar-refractivity contribution is 5.99. The molecule has 3 rings (SSSR count). The molecule has 0 bridgehead atoms. The van der Waals surface area contributed by atoms with E-state index in [0.29, 0.717) is 11.7 Å². The van der Waals surface area contributed by atoms with Crippen LogP contribution in [0.25, 0.3) is 0 Å². The summed E-state index contributed by atoms with van der Waals surface area (Å²) in [4.78, 5) is 12.6. The topological polar surface area (TPSA) is 22.0 Å². The number of hydrogen-bond donors (Lipinski definition) is 0. The summed E-state index contributed by atoms with van der Waals surface area (Å²) in [6.45, 7) is 3.24. The second-order valence-corrected chi connectivity index (χ2v) is 5.60. The first-order chi connectivity index (χ1) is 8.27. The highest BCUT2D eigenvalue weighted by Gasteiger charge is 2.28. The van der Waals surface area contributed by atoms with E-state index in [0.717, 1.165) is 31.4 Å². The maximum absolute atomic E-state index is 12.6. The molecule has 92 valence electrons. The molecule has 0 spiro atoms. The number of rotatable bonds is 2. The van der Waals surface area contributed by atoms with E-state index in [1.54, 1.807) is 0 Å². The van der Waals surface area contributed by atoms with E-state index in [9.17, 15) is 4.79 Å². The number of fused-ring (bicyclic) bond motifs is 1. The average Bonchev–Trinajstić information content (AvgIpc) is 2.94. The van der Waals surface area contributed by atoms with Gasteiger partial charge in [0.05, 0.1) is 0 Å². The van der Waals surface area contributed by atoms with Crippen molar-refractivity contribution in [1.82, 2.24) is 4.57 Å². The summed E-state index contributed by atoms with van der Waals surface area (Å²) in [7, 11) is 0.